The third-order valence-corrected chi connectivity index (χ3v) is 3.71. The van der Waals surface area contributed by atoms with Crippen LogP contribution >= 0.6 is 0 Å². The van der Waals surface area contributed by atoms with E-state index in [9.17, 15) is 4.79 Å². The molecule has 0 saturated heterocycles. The Morgan fingerprint density at radius 2 is 2.11 bits per heavy atom. The van der Waals surface area contributed by atoms with Crippen molar-refractivity contribution >= 4 is 6.29 Å². The molecular formula is C16H20O2. The van der Waals surface area contributed by atoms with Gasteiger partial charge in [0.05, 0.1) is 6.61 Å². The molecule has 0 aliphatic heterocycles. The summed E-state index contributed by atoms with van der Waals surface area (Å²) in [6.45, 7) is 5.01. The second kappa shape index (κ2) is 5.85. The van der Waals surface area contributed by atoms with Crippen LogP contribution in [0.4, 0.5) is 0 Å². The Bertz CT molecular complexity index is 448. The Balaban J connectivity index is 1.97. The van der Waals surface area contributed by atoms with Gasteiger partial charge in [0, 0.05) is 5.56 Å². The summed E-state index contributed by atoms with van der Waals surface area (Å²) in [6, 6.07) is 5.56. The molecule has 0 spiro atoms. The zero-order valence-electron chi connectivity index (χ0n) is 11.1. The zero-order valence-corrected chi connectivity index (χ0v) is 11.1. The Labute approximate surface area is 109 Å². The fraction of sp³-hybridized carbons (Fsp3) is 0.438. The molecule has 0 fully saturated rings. The van der Waals surface area contributed by atoms with Crippen molar-refractivity contribution in [3.63, 3.8) is 0 Å². The van der Waals surface area contributed by atoms with Gasteiger partial charge >= 0.3 is 0 Å². The van der Waals surface area contributed by atoms with Crippen molar-refractivity contribution in [1.29, 1.82) is 0 Å². The molecule has 0 aromatic heterocycles. The molecule has 2 unspecified atom stereocenters. The van der Waals surface area contributed by atoms with Crippen molar-refractivity contribution in [1.82, 2.24) is 0 Å². The highest BCUT2D eigenvalue weighted by molar-refractivity contribution is 5.75. The molecule has 0 bridgehead atoms. The first-order valence-corrected chi connectivity index (χ1v) is 6.54. The van der Waals surface area contributed by atoms with Crippen LogP contribution in [0.15, 0.2) is 30.4 Å². The lowest BCUT2D eigenvalue weighted by molar-refractivity contribution is 0.112. The summed E-state index contributed by atoms with van der Waals surface area (Å²) >= 11 is 0. The molecule has 96 valence electrons. The molecule has 1 aromatic rings. The van der Waals surface area contributed by atoms with Crippen molar-refractivity contribution < 1.29 is 9.53 Å². The van der Waals surface area contributed by atoms with Crippen LogP contribution in [0.3, 0.4) is 0 Å². The standard InChI is InChI=1S/C16H20O2/c1-12-5-3-4-6-15(12)11-18-16-8-7-14(10-17)9-13(16)2/h3-4,7-10,12,15H,5-6,11H2,1-2H3. The van der Waals surface area contributed by atoms with Gasteiger partial charge in [0.15, 0.2) is 0 Å². The Kier molecular flexibility index (Phi) is 4.19. The van der Waals surface area contributed by atoms with Gasteiger partial charge in [-0.3, -0.25) is 4.79 Å². The summed E-state index contributed by atoms with van der Waals surface area (Å²) < 4.78 is 5.90. The molecule has 2 atom stereocenters. The molecule has 2 heteroatoms. The number of carbonyl (C=O) groups excluding carboxylic acids is 1. The van der Waals surface area contributed by atoms with Crippen LogP contribution in [-0.2, 0) is 0 Å². The average Bonchev–Trinajstić information content (AvgIpc) is 2.39. The predicted octanol–water partition coefficient (Wildman–Crippen LogP) is 3.79. The SMILES string of the molecule is Cc1cc(C=O)ccc1OCC1CC=CCC1C. The van der Waals surface area contributed by atoms with Crippen molar-refractivity contribution in [2.24, 2.45) is 11.8 Å². The molecule has 18 heavy (non-hydrogen) atoms. The van der Waals surface area contributed by atoms with Crippen molar-refractivity contribution in [3.05, 3.63) is 41.5 Å². The van der Waals surface area contributed by atoms with Crippen LogP contribution in [0, 0.1) is 18.8 Å². The summed E-state index contributed by atoms with van der Waals surface area (Å²) in [5.41, 5.74) is 1.73. The van der Waals surface area contributed by atoms with Gasteiger partial charge in [-0.25, -0.2) is 0 Å². The van der Waals surface area contributed by atoms with E-state index < -0.39 is 0 Å². The minimum Gasteiger partial charge on any atom is -0.493 e. The first-order chi connectivity index (χ1) is 8.70. The molecule has 0 radical (unpaired) electrons. The number of aryl methyl sites for hydroxylation is 1. The van der Waals surface area contributed by atoms with Crippen LogP contribution < -0.4 is 4.74 Å². The Hall–Kier alpha value is -1.57. The second-order valence-corrected chi connectivity index (χ2v) is 5.13. The van der Waals surface area contributed by atoms with E-state index in [4.69, 9.17) is 4.74 Å². The highest BCUT2D eigenvalue weighted by atomic mass is 16.5. The maximum absolute atomic E-state index is 10.7. The number of hydrogen-bond donors (Lipinski definition) is 0. The molecule has 1 aromatic carbocycles. The fourth-order valence-corrected chi connectivity index (χ4v) is 2.34. The minimum absolute atomic E-state index is 0.597. The minimum atomic E-state index is 0.597. The van der Waals surface area contributed by atoms with Crippen molar-refractivity contribution in [2.45, 2.75) is 26.7 Å². The predicted molar refractivity (Wildman–Crippen MR) is 73.1 cm³/mol. The summed E-state index contributed by atoms with van der Waals surface area (Å²) in [6.07, 6.45) is 7.62. The molecule has 2 rings (SSSR count). The smallest absolute Gasteiger partial charge is 0.150 e. The summed E-state index contributed by atoms with van der Waals surface area (Å²) in [7, 11) is 0. The maximum Gasteiger partial charge on any atom is 0.150 e. The lowest BCUT2D eigenvalue weighted by atomic mass is 9.85. The van der Waals surface area contributed by atoms with Gasteiger partial charge in [0.2, 0.25) is 0 Å². The maximum atomic E-state index is 10.7. The van der Waals surface area contributed by atoms with Gasteiger partial charge in [0.25, 0.3) is 0 Å². The van der Waals surface area contributed by atoms with Crippen LogP contribution in [0.5, 0.6) is 5.75 Å². The topological polar surface area (TPSA) is 26.3 Å². The van der Waals surface area contributed by atoms with E-state index in [1.807, 2.05) is 19.1 Å². The molecule has 0 N–H and O–H groups in total. The van der Waals surface area contributed by atoms with E-state index in [-0.39, 0.29) is 0 Å². The number of benzene rings is 1. The molecular weight excluding hydrogens is 224 g/mol. The number of hydrogen-bond acceptors (Lipinski definition) is 2. The number of ether oxygens (including phenoxy) is 1. The van der Waals surface area contributed by atoms with E-state index >= 15 is 0 Å². The first kappa shape index (κ1) is 12.9. The van der Waals surface area contributed by atoms with Crippen molar-refractivity contribution in [3.8, 4) is 5.75 Å². The normalized spacial score (nSPS) is 22.8. The first-order valence-electron chi connectivity index (χ1n) is 6.54. The molecule has 0 amide bonds. The van der Waals surface area contributed by atoms with Crippen LogP contribution in [0.25, 0.3) is 0 Å². The van der Waals surface area contributed by atoms with E-state index in [1.54, 1.807) is 6.07 Å². The van der Waals surface area contributed by atoms with E-state index in [1.165, 1.54) is 0 Å². The summed E-state index contributed by atoms with van der Waals surface area (Å²) in [5, 5.41) is 0. The molecule has 2 nitrogen and oxygen atoms in total. The quantitative estimate of drug-likeness (QED) is 0.595. The third kappa shape index (κ3) is 3.00. The molecule has 1 aliphatic carbocycles. The number of aldehydes is 1. The number of allylic oxidation sites excluding steroid dienone is 2. The van der Waals surface area contributed by atoms with E-state index in [2.05, 4.69) is 19.1 Å². The van der Waals surface area contributed by atoms with Gasteiger partial charge < -0.3 is 4.74 Å². The Morgan fingerprint density at radius 1 is 1.33 bits per heavy atom. The highest BCUT2D eigenvalue weighted by Gasteiger charge is 2.19. The van der Waals surface area contributed by atoms with E-state index in [0.717, 1.165) is 37.0 Å². The van der Waals surface area contributed by atoms with Gasteiger partial charge in [-0.05, 0) is 55.4 Å². The third-order valence-electron chi connectivity index (χ3n) is 3.71. The molecule has 0 saturated carbocycles. The van der Waals surface area contributed by atoms with Crippen molar-refractivity contribution in [2.75, 3.05) is 6.61 Å². The molecule has 1 aliphatic rings. The van der Waals surface area contributed by atoms with E-state index in [0.29, 0.717) is 17.4 Å². The zero-order chi connectivity index (χ0) is 13.0. The number of rotatable bonds is 4. The lowest BCUT2D eigenvalue weighted by Gasteiger charge is -2.25. The van der Waals surface area contributed by atoms with Gasteiger partial charge in [0.1, 0.15) is 12.0 Å². The van der Waals surface area contributed by atoms with Crippen LogP contribution in [-0.4, -0.2) is 12.9 Å². The lowest BCUT2D eigenvalue weighted by Crippen LogP contribution is -2.21. The summed E-state index contributed by atoms with van der Waals surface area (Å²) in [4.78, 5) is 10.7. The monoisotopic (exact) mass is 244 g/mol. The Morgan fingerprint density at radius 3 is 2.78 bits per heavy atom. The van der Waals surface area contributed by atoms with Gasteiger partial charge in [-0.1, -0.05) is 19.1 Å². The fourth-order valence-electron chi connectivity index (χ4n) is 2.34. The highest BCUT2D eigenvalue weighted by Crippen LogP contribution is 2.27. The average molecular weight is 244 g/mol. The second-order valence-electron chi connectivity index (χ2n) is 5.13. The summed E-state index contributed by atoms with van der Waals surface area (Å²) in [5.74, 6) is 2.17. The molecule has 0 heterocycles. The van der Waals surface area contributed by atoms with Gasteiger partial charge in [-0.15, -0.1) is 0 Å². The van der Waals surface area contributed by atoms with Crippen LogP contribution in [0.1, 0.15) is 35.7 Å². The van der Waals surface area contributed by atoms with Crippen LogP contribution in [0.2, 0.25) is 0 Å². The largest absolute Gasteiger partial charge is 0.493 e. The number of carbonyl (C=O) groups is 1. The van der Waals surface area contributed by atoms with Gasteiger partial charge in [-0.2, -0.15) is 0 Å².